The highest BCUT2D eigenvalue weighted by atomic mass is 16.5. The van der Waals surface area contributed by atoms with E-state index in [0.29, 0.717) is 24.4 Å². The highest BCUT2D eigenvalue weighted by Gasteiger charge is 2.34. The second-order valence-corrected chi connectivity index (χ2v) is 8.04. The second-order valence-electron chi connectivity index (χ2n) is 8.04. The molecule has 1 saturated heterocycles. The maximum absolute atomic E-state index is 12.8. The molecule has 29 heavy (non-hydrogen) atoms. The van der Waals surface area contributed by atoms with Gasteiger partial charge >= 0.3 is 0 Å². The number of ether oxygens (including phenoxy) is 1. The first-order chi connectivity index (χ1) is 14.1. The first-order valence-corrected chi connectivity index (χ1v) is 10.4. The van der Waals surface area contributed by atoms with Gasteiger partial charge in [0.15, 0.2) is 0 Å². The first-order valence-electron chi connectivity index (χ1n) is 10.4. The molecule has 2 heterocycles. The summed E-state index contributed by atoms with van der Waals surface area (Å²) in [5, 5.41) is 10.3. The highest BCUT2D eigenvalue weighted by Crippen LogP contribution is 2.25. The van der Waals surface area contributed by atoms with Gasteiger partial charge < -0.3 is 15.4 Å². The van der Waals surface area contributed by atoms with Crippen molar-refractivity contribution in [1.29, 1.82) is 0 Å². The molecule has 2 amide bonds. The summed E-state index contributed by atoms with van der Waals surface area (Å²) in [6.07, 6.45) is 8.44. The van der Waals surface area contributed by atoms with Gasteiger partial charge in [0.25, 0.3) is 11.8 Å². The number of aryl methyl sites for hydroxylation is 1. The Morgan fingerprint density at radius 1 is 1.24 bits per heavy atom. The van der Waals surface area contributed by atoms with E-state index in [1.54, 1.807) is 18.3 Å². The number of benzene rings is 1. The van der Waals surface area contributed by atoms with Crippen molar-refractivity contribution in [3.8, 4) is 0 Å². The van der Waals surface area contributed by atoms with Crippen molar-refractivity contribution in [1.82, 2.24) is 15.1 Å². The number of aromatic nitrogens is 2. The summed E-state index contributed by atoms with van der Waals surface area (Å²) < 4.78 is 7.54. The monoisotopic (exact) mass is 396 g/mol. The van der Waals surface area contributed by atoms with Gasteiger partial charge in [0.2, 0.25) is 0 Å². The Labute approximate surface area is 170 Å². The lowest BCUT2D eigenvalue weighted by Gasteiger charge is -2.19. The molecule has 1 aliphatic heterocycles. The van der Waals surface area contributed by atoms with Gasteiger partial charge in [-0.1, -0.05) is 12.8 Å². The molecule has 0 unspecified atom stereocenters. The molecule has 0 bridgehead atoms. The molecule has 1 saturated carbocycles. The van der Waals surface area contributed by atoms with E-state index < -0.39 is 6.10 Å². The lowest BCUT2D eigenvalue weighted by Crippen LogP contribution is -2.34. The van der Waals surface area contributed by atoms with Crippen LogP contribution in [0.3, 0.4) is 0 Å². The zero-order valence-corrected chi connectivity index (χ0v) is 16.8. The summed E-state index contributed by atoms with van der Waals surface area (Å²) in [5.41, 5.74) is 2.20. The quantitative estimate of drug-likeness (QED) is 0.786. The Bertz CT molecular complexity index is 859. The number of amides is 2. The van der Waals surface area contributed by atoms with Crippen LogP contribution >= 0.6 is 0 Å². The van der Waals surface area contributed by atoms with Gasteiger partial charge in [0.1, 0.15) is 6.10 Å². The first kappa shape index (κ1) is 19.6. The van der Waals surface area contributed by atoms with E-state index in [4.69, 9.17) is 4.74 Å². The Hall–Kier alpha value is -2.67. The molecule has 154 valence electrons. The predicted molar refractivity (Wildman–Crippen MR) is 110 cm³/mol. The number of anilines is 1. The van der Waals surface area contributed by atoms with E-state index in [1.165, 1.54) is 12.8 Å². The number of carbonyl (C=O) groups is 2. The van der Waals surface area contributed by atoms with Crippen molar-refractivity contribution in [2.45, 2.75) is 57.7 Å². The number of hydrogen-bond donors (Lipinski definition) is 2. The zero-order valence-electron chi connectivity index (χ0n) is 16.8. The molecule has 2 aromatic rings. The van der Waals surface area contributed by atoms with Crippen molar-refractivity contribution in [2.24, 2.45) is 5.92 Å². The molecule has 0 spiro atoms. The molecule has 1 aromatic carbocycles. The van der Waals surface area contributed by atoms with Gasteiger partial charge in [0.05, 0.1) is 0 Å². The van der Waals surface area contributed by atoms with Crippen molar-refractivity contribution < 1.29 is 14.3 Å². The minimum absolute atomic E-state index is 0.0451. The van der Waals surface area contributed by atoms with E-state index in [2.05, 4.69) is 15.7 Å². The Morgan fingerprint density at radius 2 is 2.07 bits per heavy atom. The summed E-state index contributed by atoms with van der Waals surface area (Å²) in [4.78, 5) is 25.3. The van der Waals surface area contributed by atoms with Gasteiger partial charge in [-0.2, -0.15) is 5.10 Å². The third-order valence-electron chi connectivity index (χ3n) is 5.89. The summed E-state index contributed by atoms with van der Waals surface area (Å²) in [7, 11) is 0. The minimum Gasteiger partial charge on any atom is -0.368 e. The molecular weight excluding hydrogens is 368 g/mol. The standard InChI is InChI=1S/C22H28N4O3/c1-15-13-16(21(27)24-18-5-2-3-6-18)7-8-19(15)25-22(28)20-17(9-12-29-20)14-26-11-4-10-23-26/h4,7-8,10-11,13,17-18,20H,2-3,5-6,9,12,14H2,1H3,(H,24,27)(H,25,28)/t17-,20-/m1/s1. The van der Waals surface area contributed by atoms with Crippen LogP contribution in [0.25, 0.3) is 0 Å². The van der Waals surface area contributed by atoms with Crippen LogP contribution < -0.4 is 10.6 Å². The molecule has 2 fully saturated rings. The van der Waals surface area contributed by atoms with Crippen LogP contribution in [0.15, 0.2) is 36.7 Å². The molecule has 7 nitrogen and oxygen atoms in total. The van der Waals surface area contributed by atoms with Crippen molar-refractivity contribution in [2.75, 3.05) is 11.9 Å². The SMILES string of the molecule is Cc1cc(C(=O)NC2CCCC2)ccc1NC(=O)[C@@H]1OCC[C@@H]1Cn1cccn1. The van der Waals surface area contributed by atoms with Crippen LogP contribution in [0.4, 0.5) is 5.69 Å². The van der Waals surface area contributed by atoms with Gasteiger partial charge in [-0.05, 0) is 56.0 Å². The fraction of sp³-hybridized carbons (Fsp3) is 0.500. The molecule has 7 heteroatoms. The highest BCUT2D eigenvalue weighted by molar-refractivity contribution is 5.98. The van der Waals surface area contributed by atoms with Crippen LogP contribution in [0, 0.1) is 12.8 Å². The van der Waals surface area contributed by atoms with Crippen LogP contribution in [0.2, 0.25) is 0 Å². The van der Waals surface area contributed by atoms with Crippen molar-refractivity contribution in [3.63, 3.8) is 0 Å². The maximum atomic E-state index is 12.8. The number of rotatable bonds is 6. The van der Waals surface area contributed by atoms with Crippen LogP contribution in [-0.2, 0) is 16.1 Å². The zero-order chi connectivity index (χ0) is 20.2. The van der Waals surface area contributed by atoms with Crippen LogP contribution in [0.5, 0.6) is 0 Å². The Kier molecular flexibility index (Phi) is 5.94. The normalized spacial score (nSPS) is 22.0. The fourth-order valence-electron chi connectivity index (χ4n) is 4.25. The fourth-order valence-corrected chi connectivity index (χ4v) is 4.25. The third-order valence-corrected chi connectivity index (χ3v) is 5.89. The van der Waals surface area contributed by atoms with Crippen LogP contribution in [0.1, 0.15) is 48.0 Å². The maximum Gasteiger partial charge on any atom is 0.253 e. The van der Waals surface area contributed by atoms with E-state index in [-0.39, 0.29) is 23.8 Å². The van der Waals surface area contributed by atoms with E-state index in [1.807, 2.05) is 29.9 Å². The summed E-state index contributed by atoms with van der Waals surface area (Å²) in [6.45, 7) is 3.13. The predicted octanol–water partition coefficient (Wildman–Crippen LogP) is 2.91. The molecule has 2 N–H and O–H groups in total. The molecule has 2 aliphatic rings. The van der Waals surface area contributed by atoms with E-state index in [0.717, 1.165) is 24.8 Å². The lowest BCUT2D eigenvalue weighted by molar-refractivity contribution is -0.126. The molecular formula is C22H28N4O3. The summed E-state index contributed by atoms with van der Waals surface area (Å²) >= 11 is 0. The third kappa shape index (κ3) is 4.67. The van der Waals surface area contributed by atoms with Gasteiger partial charge in [-0.15, -0.1) is 0 Å². The van der Waals surface area contributed by atoms with Gasteiger partial charge in [0, 0.05) is 48.8 Å². The van der Waals surface area contributed by atoms with Crippen molar-refractivity contribution in [3.05, 3.63) is 47.8 Å². The Balaban J connectivity index is 1.38. The molecule has 0 radical (unpaired) electrons. The molecule has 1 aromatic heterocycles. The number of carbonyl (C=O) groups excluding carboxylic acids is 2. The number of nitrogens with one attached hydrogen (secondary N) is 2. The van der Waals surface area contributed by atoms with Crippen LogP contribution in [-0.4, -0.2) is 40.3 Å². The number of hydrogen-bond acceptors (Lipinski definition) is 4. The molecule has 4 rings (SSSR count). The average molecular weight is 396 g/mol. The topological polar surface area (TPSA) is 85.3 Å². The second kappa shape index (κ2) is 8.78. The minimum atomic E-state index is -0.496. The largest absolute Gasteiger partial charge is 0.368 e. The average Bonchev–Trinajstić information content (AvgIpc) is 3.46. The Morgan fingerprint density at radius 3 is 2.79 bits per heavy atom. The smallest absolute Gasteiger partial charge is 0.253 e. The summed E-state index contributed by atoms with van der Waals surface area (Å²) in [5.74, 6) is -0.103. The van der Waals surface area contributed by atoms with E-state index in [9.17, 15) is 9.59 Å². The van der Waals surface area contributed by atoms with E-state index >= 15 is 0 Å². The molecule has 2 atom stereocenters. The summed E-state index contributed by atoms with van der Waals surface area (Å²) in [6, 6.07) is 7.56. The molecule has 1 aliphatic carbocycles. The van der Waals surface area contributed by atoms with Gasteiger partial charge in [-0.25, -0.2) is 0 Å². The van der Waals surface area contributed by atoms with Gasteiger partial charge in [-0.3, -0.25) is 14.3 Å². The lowest BCUT2D eigenvalue weighted by atomic mass is 10.0. The van der Waals surface area contributed by atoms with Crippen molar-refractivity contribution >= 4 is 17.5 Å². The number of nitrogens with zero attached hydrogens (tertiary/aromatic N) is 2.